The zero-order chi connectivity index (χ0) is 27.2. The van der Waals surface area contributed by atoms with Crippen LogP contribution in [0.3, 0.4) is 0 Å². The van der Waals surface area contributed by atoms with Gasteiger partial charge in [0.15, 0.2) is 11.4 Å². The second kappa shape index (κ2) is 12.4. The standard InChI is InChI=1S/C26H29ClFN7O2S/c1-3-11-35(12-13-36)26-33-22(21-9-10-30-24(29)34(21)2)23(38-26)16-5-4-6-18(14-16)31-25(37)32-20-8-7-17(27)15-19(20)28/h4-10,14-15,24,36H,3,11-13,29H2,1-2H3,(H2,31,32,37). The number of thiazole rings is 1. The van der Waals surface area contributed by atoms with Gasteiger partial charge in [0.1, 0.15) is 11.5 Å². The Balaban J connectivity index is 1.67. The third-order valence-electron chi connectivity index (χ3n) is 5.80. The Morgan fingerprint density at radius 3 is 2.82 bits per heavy atom. The highest BCUT2D eigenvalue weighted by Gasteiger charge is 2.25. The van der Waals surface area contributed by atoms with Gasteiger partial charge in [0, 0.05) is 37.1 Å². The number of rotatable bonds is 9. The molecule has 0 saturated carbocycles. The molecule has 12 heteroatoms. The summed E-state index contributed by atoms with van der Waals surface area (Å²) < 4.78 is 14.1. The summed E-state index contributed by atoms with van der Waals surface area (Å²) in [6, 6.07) is 10.7. The number of benzene rings is 2. The van der Waals surface area contributed by atoms with Gasteiger partial charge in [0.2, 0.25) is 0 Å². The number of anilines is 3. The number of urea groups is 1. The van der Waals surface area contributed by atoms with Crippen molar-refractivity contribution in [2.75, 3.05) is 42.3 Å². The van der Waals surface area contributed by atoms with E-state index in [4.69, 9.17) is 22.3 Å². The molecule has 1 unspecified atom stereocenters. The molecule has 2 amide bonds. The Kier molecular flexibility index (Phi) is 8.95. The van der Waals surface area contributed by atoms with Gasteiger partial charge < -0.3 is 25.5 Å². The topological polar surface area (TPSA) is 119 Å². The van der Waals surface area contributed by atoms with Gasteiger partial charge in [-0.1, -0.05) is 42.0 Å². The second-order valence-electron chi connectivity index (χ2n) is 8.54. The molecule has 200 valence electrons. The van der Waals surface area contributed by atoms with Crippen molar-refractivity contribution >= 4 is 57.4 Å². The molecule has 2 aromatic carbocycles. The number of nitrogens with zero attached hydrogens (tertiary/aromatic N) is 4. The quantitative estimate of drug-likeness (QED) is 0.292. The van der Waals surface area contributed by atoms with Crippen LogP contribution >= 0.6 is 22.9 Å². The average molecular weight is 558 g/mol. The Bertz CT molecular complexity index is 1360. The summed E-state index contributed by atoms with van der Waals surface area (Å²) in [5.74, 6) is -0.630. The normalized spacial score (nSPS) is 14.8. The first kappa shape index (κ1) is 27.5. The maximum Gasteiger partial charge on any atom is 0.323 e. The van der Waals surface area contributed by atoms with E-state index in [0.29, 0.717) is 12.2 Å². The van der Waals surface area contributed by atoms with Crippen molar-refractivity contribution in [1.82, 2.24) is 9.88 Å². The lowest BCUT2D eigenvalue weighted by molar-refractivity contribution is 0.262. The molecule has 3 aromatic rings. The van der Waals surface area contributed by atoms with E-state index in [1.807, 2.05) is 41.1 Å². The first-order valence-electron chi connectivity index (χ1n) is 12.0. The fourth-order valence-corrected chi connectivity index (χ4v) is 5.21. The number of aromatic nitrogens is 1. The number of aliphatic hydroxyl groups is 1. The average Bonchev–Trinajstić information content (AvgIpc) is 3.32. The number of carbonyl (C=O) groups excluding carboxylic acids is 1. The maximum atomic E-state index is 14.1. The number of carbonyl (C=O) groups is 1. The molecule has 1 atom stereocenters. The number of hydrogen-bond acceptors (Lipinski definition) is 8. The van der Waals surface area contributed by atoms with Gasteiger partial charge >= 0.3 is 6.03 Å². The number of allylic oxidation sites excluding steroid dienone is 1. The van der Waals surface area contributed by atoms with Crippen molar-refractivity contribution in [3.05, 3.63) is 65.1 Å². The van der Waals surface area contributed by atoms with Crippen molar-refractivity contribution in [2.24, 2.45) is 10.7 Å². The lowest BCUT2D eigenvalue weighted by Gasteiger charge is -2.28. The van der Waals surface area contributed by atoms with Gasteiger partial charge in [-0.25, -0.2) is 14.2 Å². The smallest absolute Gasteiger partial charge is 0.323 e. The van der Waals surface area contributed by atoms with Crippen molar-refractivity contribution in [3.63, 3.8) is 0 Å². The van der Waals surface area contributed by atoms with Crippen LogP contribution in [0.4, 0.5) is 25.7 Å². The molecule has 4 rings (SSSR count). The molecule has 1 aliphatic rings. The van der Waals surface area contributed by atoms with E-state index < -0.39 is 18.1 Å². The number of amides is 2. The molecule has 9 nitrogen and oxygen atoms in total. The molecule has 0 fully saturated rings. The molecule has 5 N–H and O–H groups in total. The summed E-state index contributed by atoms with van der Waals surface area (Å²) in [6.45, 7) is 3.28. The first-order valence-corrected chi connectivity index (χ1v) is 13.2. The van der Waals surface area contributed by atoms with Gasteiger partial charge in [0.05, 0.1) is 22.9 Å². The zero-order valence-corrected chi connectivity index (χ0v) is 22.6. The van der Waals surface area contributed by atoms with Crippen LogP contribution in [0.25, 0.3) is 16.1 Å². The van der Waals surface area contributed by atoms with Crippen molar-refractivity contribution in [1.29, 1.82) is 0 Å². The number of aliphatic imine (C=N–C) groups is 1. The molecule has 1 aromatic heterocycles. The van der Waals surface area contributed by atoms with Crippen LogP contribution < -0.4 is 21.3 Å². The number of halogens is 2. The van der Waals surface area contributed by atoms with E-state index in [-0.39, 0.29) is 17.3 Å². The van der Waals surface area contributed by atoms with Gasteiger partial charge in [-0.15, -0.1) is 0 Å². The molecule has 1 aliphatic heterocycles. The molecule has 0 radical (unpaired) electrons. The number of nitrogens with two attached hydrogens (primary N) is 1. The van der Waals surface area contributed by atoms with Crippen LogP contribution in [0, 0.1) is 5.82 Å². The number of nitrogens with one attached hydrogen (secondary N) is 2. The van der Waals surface area contributed by atoms with E-state index in [1.54, 1.807) is 12.3 Å². The second-order valence-corrected chi connectivity index (χ2v) is 9.96. The summed E-state index contributed by atoms with van der Waals surface area (Å²) in [7, 11) is 1.85. The first-order chi connectivity index (χ1) is 18.3. The summed E-state index contributed by atoms with van der Waals surface area (Å²) in [6.07, 6.45) is 3.88. The summed E-state index contributed by atoms with van der Waals surface area (Å²) >= 11 is 7.28. The highest BCUT2D eigenvalue weighted by atomic mass is 35.5. The van der Waals surface area contributed by atoms with E-state index in [2.05, 4.69) is 22.5 Å². The van der Waals surface area contributed by atoms with Crippen LogP contribution in [0.1, 0.15) is 19.0 Å². The summed E-state index contributed by atoms with van der Waals surface area (Å²) in [5.41, 5.74) is 9.03. The van der Waals surface area contributed by atoms with Crippen LogP contribution in [0.15, 0.2) is 53.5 Å². The minimum absolute atomic E-state index is 0.00705. The van der Waals surface area contributed by atoms with Gasteiger partial charge in [0.25, 0.3) is 0 Å². The fraction of sp³-hybridized carbons (Fsp3) is 0.269. The molecule has 38 heavy (non-hydrogen) atoms. The molecule has 0 spiro atoms. The number of aliphatic hydroxyl groups excluding tert-OH is 1. The maximum absolute atomic E-state index is 14.1. The van der Waals surface area contributed by atoms with Crippen LogP contribution in [-0.4, -0.2) is 60.3 Å². The van der Waals surface area contributed by atoms with Crippen molar-refractivity contribution in [3.8, 4) is 10.4 Å². The van der Waals surface area contributed by atoms with Gasteiger partial charge in [-0.2, -0.15) is 0 Å². The van der Waals surface area contributed by atoms with Crippen molar-refractivity contribution < 1.29 is 14.3 Å². The van der Waals surface area contributed by atoms with E-state index >= 15 is 0 Å². The summed E-state index contributed by atoms with van der Waals surface area (Å²) in [5, 5.41) is 15.9. The van der Waals surface area contributed by atoms with E-state index in [9.17, 15) is 14.3 Å². The summed E-state index contributed by atoms with van der Waals surface area (Å²) in [4.78, 5) is 26.5. The highest BCUT2D eigenvalue weighted by molar-refractivity contribution is 7.19. The third kappa shape index (κ3) is 6.30. The molecular weight excluding hydrogens is 529 g/mol. The lowest BCUT2D eigenvalue weighted by Crippen LogP contribution is -2.38. The Hall–Kier alpha value is -3.51. The Morgan fingerprint density at radius 2 is 2.08 bits per heavy atom. The predicted octanol–water partition coefficient (Wildman–Crippen LogP) is 5.05. The van der Waals surface area contributed by atoms with E-state index in [0.717, 1.165) is 46.0 Å². The molecule has 0 saturated heterocycles. The molecule has 2 heterocycles. The SMILES string of the molecule is CCCN(CCO)c1nc(C2=CC=NC(N)N2C)c(-c2cccc(NC(=O)Nc3ccc(Cl)cc3F)c2)s1. The zero-order valence-electron chi connectivity index (χ0n) is 21.0. The van der Waals surface area contributed by atoms with Crippen molar-refractivity contribution in [2.45, 2.75) is 19.6 Å². The Labute approximate surface area is 229 Å². The monoisotopic (exact) mass is 557 g/mol. The fourth-order valence-electron chi connectivity index (χ4n) is 3.93. The minimum atomic E-state index is -0.630. The lowest BCUT2D eigenvalue weighted by atomic mass is 10.1. The van der Waals surface area contributed by atoms with Crippen LogP contribution in [0.2, 0.25) is 5.02 Å². The molecular formula is C26H29ClFN7O2S. The third-order valence-corrected chi connectivity index (χ3v) is 7.20. The van der Waals surface area contributed by atoms with Crippen LogP contribution in [0.5, 0.6) is 0 Å². The van der Waals surface area contributed by atoms with Gasteiger partial charge in [-0.3, -0.25) is 10.7 Å². The van der Waals surface area contributed by atoms with Gasteiger partial charge in [-0.05, 0) is 48.4 Å². The minimum Gasteiger partial charge on any atom is -0.395 e. The van der Waals surface area contributed by atoms with Crippen LogP contribution in [-0.2, 0) is 0 Å². The largest absolute Gasteiger partial charge is 0.395 e. The van der Waals surface area contributed by atoms with E-state index in [1.165, 1.54) is 23.5 Å². The predicted molar refractivity (Wildman–Crippen MR) is 153 cm³/mol. The molecule has 0 bridgehead atoms. The number of hydrogen-bond donors (Lipinski definition) is 4. The highest BCUT2D eigenvalue weighted by Crippen LogP contribution is 2.40. The molecule has 0 aliphatic carbocycles. The Morgan fingerprint density at radius 1 is 1.26 bits per heavy atom.